The Morgan fingerprint density at radius 2 is 0.833 bits per heavy atom. The predicted molar refractivity (Wildman–Crippen MR) is 108 cm³/mol. The molecule has 0 aromatic heterocycles. The van der Waals surface area contributed by atoms with Crippen molar-refractivity contribution in [1.82, 2.24) is 0 Å². The van der Waals surface area contributed by atoms with E-state index in [0.29, 0.717) is 5.60 Å². The van der Waals surface area contributed by atoms with E-state index < -0.39 is 0 Å². The van der Waals surface area contributed by atoms with Crippen LogP contribution >= 0.6 is 0 Å². The summed E-state index contributed by atoms with van der Waals surface area (Å²) in [7, 11) is 0. The molecule has 144 valence electrons. The highest BCUT2D eigenvalue weighted by Crippen LogP contribution is 2.37. The van der Waals surface area contributed by atoms with Crippen LogP contribution in [0.4, 0.5) is 0 Å². The van der Waals surface area contributed by atoms with Crippen LogP contribution in [0, 0.1) is 0 Å². The first kappa shape index (κ1) is 22.0. The van der Waals surface area contributed by atoms with Gasteiger partial charge in [-0.25, -0.2) is 0 Å². The van der Waals surface area contributed by atoms with Crippen molar-refractivity contribution < 1.29 is 4.74 Å². The lowest BCUT2D eigenvalue weighted by Crippen LogP contribution is -2.10. The molecular formula is C23H46O. The summed E-state index contributed by atoms with van der Waals surface area (Å²) in [6.07, 6.45) is 27.1. The Balaban J connectivity index is 1.71. The molecule has 0 amide bonds. The van der Waals surface area contributed by atoms with Crippen LogP contribution in [0.25, 0.3) is 0 Å². The number of epoxide rings is 1. The molecule has 0 aromatic rings. The highest BCUT2D eigenvalue weighted by atomic mass is 16.6. The third-order valence-electron chi connectivity index (χ3n) is 5.77. The van der Waals surface area contributed by atoms with E-state index in [9.17, 15) is 0 Å². The highest BCUT2D eigenvalue weighted by molar-refractivity contribution is 4.91. The Morgan fingerprint density at radius 1 is 0.500 bits per heavy atom. The van der Waals surface area contributed by atoms with Crippen molar-refractivity contribution in [2.45, 2.75) is 141 Å². The SMILES string of the molecule is CCCCCCCCCCCCCCCCCC1(CCCC)CO1. The summed E-state index contributed by atoms with van der Waals surface area (Å²) in [5, 5.41) is 0. The monoisotopic (exact) mass is 338 g/mol. The summed E-state index contributed by atoms with van der Waals surface area (Å²) in [5.74, 6) is 0. The largest absolute Gasteiger partial charge is 0.370 e. The number of hydrogen-bond donors (Lipinski definition) is 0. The number of hydrogen-bond acceptors (Lipinski definition) is 1. The second-order valence-electron chi connectivity index (χ2n) is 8.27. The Labute approximate surface area is 153 Å². The van der Waals surface area contributed by atoms with Crippen LogP contribution < -0.4 is 0 Å². The zero-order chi connectivity index (χ0) is 17.3. The third kappa shape index (κ3) is 12.3. The van der Waals surface area contributed by atoms with Crippen LogP contribution in [0.15, 0.2) is 0 Å². The molecule has 0 saturated carbocycles. The molecule has 0 aliphatic carbocycles. The first-order chi connectivity index (χ1) is 11.8. The second kappa shape index (κ2) is 15.2. The van der Waals surface area contributed by atoms with Crippen LogP contribution in [-0.4, -0.2) is 12.2 Å². The fourth-order valence-corrected chi connectivity index (χ4v) is 3.83. The molecular weight excluding hydrogens is 292 g/mol. The van der Waals surface area contributed by atoms with Gasteiger partial charge in [0.05, 0.1) is 12.2 Å². The second-order valence-corrected chi connectivity index (χ2v) is 8.27. The van der Waals surface area contributed by atoms with E-state index >= 15 is 0 Å². The van der Waals surface area contributed by atoms with Gasteiger partial charge in [-0.1, -0.05) is 123 Å². The topological polar surface area (TPSA) is 12.5 Å². The summed E-state index contributed by atoms with van der Waals surface area (Å²) in [5.41, 5.74) is 0.340. The molecule has 1 fully saturated rings. The van der Waals surface area contributed by atoms with E-state index in [-0.39, 0.29) is 0 Å². The average Bonchev–Trinajstić information content (AvgIpc) is 3.37. The van der Waals surface area contributed by atoms with E-state index in [2.05, 4.69) is 13.8 Å². The lowest BCUT2D eigenvalue weighted by Gasteiger charge is -2.10. The Hall–Kier alpha value is -0.0400. The fourth-order valence-electron chi connectivity index (χ4n) is 3.83. The zero-order valence-corrected chi connectivity index (χ0v) is 17.1. The smallest absolute Gasteiger partial charge is 0.0916 e. The molecule has 1 atom stereocenters. The summed E-state index contributed by atoms with van der Waals surface area (Å²) in [6.45, 7) is 5.63. The molecule has 1 heteroatoms. The zero-order valence-electron chi connectivity index (χ0n) is 17.1. The highest BCUT2D eigenvalue weighted by Gasteiger charge is 2.42. The van der Waals surface area contributed by atoms with Crippen LogP contribution in [0.2, 0.25) is 0 Å². The molecule has 1 aliphatic heterocycles. The van der Waals surface area contributed by atoms with E-state index in [4.69, 9.17) is 4.74 Å². The van der Waals surface area contributed by atoms with Gasteiger partial charge in [0.15, 0.2) is 0 Å². The molecule has 24 heavy (non-hydrogen) atoms. The summed E-state index contributed by atoms with van der Waals surface area (Å²) in [4.78, 5) is 0. The quantitative estimate of drug-likeness (QED) is 0.171. The average molecular weight is 339 g/mol. The van der Waals surface area contributed by atoms with Gasteiger partial charge in [-0.2, -0.15) is 0 Å². The summed E-state index contributed by atoms with van der Waals surface area (Å²) >= 11 is 0. The minimum absolute atomic E-state index is 0.340. The summed E-state index contributed by atoms with van der Waals surface area (Å²) < 4.78 is 5.72. The Kier molecular flexibility index (Phi) is 14.0. The Bertz CT molecular complexity index is 257. The van der Waals surface area contributed by atoms with E-state index in [1.54, 1.807) is 0 Å². The number of unbranched alkanes of at least 4 members (excludes halogenated alkanes) is 15. The van der Waals surface area contributed by atoms with Crippen LogP contribution in [0.1, 0.15) is 136 Å². The first-order valence-electron chi connectivity index (χ1n) is 11.5. The van der Waals surface area contributed by atoms with Gasteiger partial charge >= 0.3 is 0 Å². The van der Waals surface area contributed by atoms with Crippen molar-refractivity contribution in [1.29, 1.82) is 0 Å². The lowest BCUT2D eigenvalue weighted by atomic mass is 9.95. The van der Waals surface area contributed by atoms with E-state index in [1.807, 2.05) is 0 Å². The molecule has 0 N–H and O–H groups in total. The minimum atomic E-state index is 0.340. The Morgan fingerprint density at radius 3 is 1.21 bits per heavy atom. The normalized spacial score (nSPS) is 19.8. The van der Waals surface area contributed by atoms with Gasteiger partial charge in [0.1, 0.15) is 0 Å². The van der Waals surface area contributed by atoms with Gasteiger partial charge in [-0.3, -0.25) is 0 Å². The molecule has 1 heterocycles. The van der Waals surface area contributed by atoms with E-state index in [1.165, 1.54) is 122 Å². The molecule has 1 nitrogen and oxygen atoms in total. The van der Waals surface area contributed by atoms with Gasteiger partial charge in [-0.15, -0.1) is 0 Å². The van der Waals surface area contributed by atoms with Gasteiger partial charge in [0.25, 0.3) is 0 Å². The lowest BCUT2D eigenvalue weighted by molar-refractivity contribution is 0.262. The molecule has 0 bridgehead atoms. The van der Waals surface area contributed by atoms with Gasteiger partial charge < -0.3 is 4.74 Å². The maximum Gasteiger partial charge on any atom is 0.0916 e. The van der Waals surface area contributed by atoms with Crippen LogP contribution in [-0.2, 0) is 4.74 Å². The number of rotatable bonds is 19. The van der Waals surface area contributed by atoms with Crippen LogP contribution in [0.3, 0.4) is 0 Å². The maximum atomic E-state index is 5.72. The third-order valence-corrected chi connectivity index (χ3v) is 5.77. The maximum absolute atomic E-state index is 5.72. The first-order valence-corrected chi connectivity index (χ1v) is 11.5. The molecule has 1 rings (SSSR count). The van der Waals surface area contributed by atoms with Crippen molar-refractivity contribution in [2.24, 2.45) is 0 Å². The van der Waals surface area contributed by atoms with Crippen LogP contribution in [0.5, 0.6) is 0 Å². The van der Waals surface area contributed by atoms with Crippen molar-refractivity contribution in [3.05, 3.63) is 0 Å². The molecule has 0 spiro atoms. The molecule has 0 radical (unpaired) electrons. The predicted octanol–water partition coefficient (Wildman–Crippen LogP) is 8.21. The minimum Gasteiger partial charge on any atom is -0.370 e. The van der Waals surface area contributed by atoms with Crippen molar-refractivity contribution in [3.63, 3.8) is 0 Å². The fraction of sp³-hybridized carbons (Fsp3) is 1.00. The molecule has 1 unspecified atom stereocenters. The summed E-state index contributed by atoms with van der Waals surface area (Å²) in [6, 6.07) is 0. The standard InChI is InChI=1S/C23H46O/c1-3-5-7-8-9-10-11-12-13-14-15-16-17-18-19-21-23(22-24-23)20-6-4-2/h3-22H2,1-2H3. The van der Waals surface area contributed by atoms with Crippen molar-refractivity contribution in [2.75, 3.05) is 6.61 Å². The van der Waals surface area contributed by atoms with E-state index in [0.717, 1.165) is 6.61 Å². The van der Waals surface area contributed by atoms with Gasteiger partial charge in [0.2, 0.25) is 0 Å². The molecule has 1 aliphatic rings. The van der Waals surface area contributed by atoms with Crippen molar-refractivity contribution >= 4 is 0 Å². The van der Waals surface area contributed by atoms with Gasteiger partial charge in [0, 0.05) is 0 Å². The number of ether oxygens (including phenoxy) is 1. The van der Waals surface area contributed by atoms with Gasteiger partial charge in [-0.05, 0) is 12.8 Å². The van der Waals surface area contributed by atoms with Crippen molar-refractivity contribution in [3.8, 4) is 0 Å². The molecule has 0 aromatic carbocycles. The molecule has 1 saturated heterocycles.